The lowest BCUT2D eigenvalue weighted by Crippen LogP contribution is -2.43. The second-order valence-electron chi connectivity index (χ2n) is 7.95. The molecule has 3 rings (SSSR count). The third-order valence-corrected chi connectivity index (χ3v) is 5.88. The lowest BCUT2D eigenvalue weighted by molar-refractivity contribution is -0.152. The number of amides is 2. The number of ether oxygens (including phenoxy) is 1. The lowest BCUT2D eigenvalue weighted by Gasteiger charge is -2.31. The number of sulfonamides is 1. The highest BCUT2D eigenvalue weighted by atomic mass is 32.2. The van der Waals surface area contributed by atoms with Crippen LogP contribution in [0.5, 0.6) is 0 Å². The molecule has 0 saturated carbocycles. The summed E-state index contributed by atoms with van der Waals surface area (Å²) in [6.45, 7) is 2.33. The number of nitrogens with one attached hydrogen (secondary N) is 2. The van der Waals surface area contributed by atoms with E-state index in [1.54, 1.807) is 17.0 Å². The van der Waals surface area contributed by atoms with Crippen molar-refractivity contribution < 1.29 is 27.5 Å². The molecule has 0 bridgehead atoms. The van der Waals surface area contributed by atoms with Crippen molar-refractivity contribution in [1.29, 1.82) is 0 Å². The van der Waals surface area contributed by atoms with Crippen molar-refractivity contribution in [3.8, 4) is 0 Å². The van der Waals surface area contributed by atoms with Gasteiger partial charge in [-0.1, -0.05) is 18.2 Å². The van der Waals surface area contributed by atoms with E-state index in [0.29, 0.717) is 42.9 Å². The average Bonchev–Trinajstić information content (AvgIpc) is 2.78. The first-order valence-electron chi connectivity index (χ1n) is 10.6. The quantitative estimate of drug-likeness (QED) is 0.471. The average molecular weight is 474 g/mol. The van der Waals surface area contributed by atoms with Crippen LogP contribution in [-0.4, -0.2) is 56.6 Å². The number of carbonyl (C=O) groups excluding carboxylic acids is 3. The smallest absolute Gasteiger partial charge is 0.321 e. The van der Waals surface area contributed by atoms with Crippen LogP contribution in [0.4, 0.5) is 16.2 Å². The van der Waals surface area contributed by atoms with Crippen LogP contribution in [0.25, 0.3) is 0 Å². The van der Waals surface area contributed by atoms with Gasteiger partial charge in [0.15, 0.2) is 6.10 Å². The molecular formula is C23H27N3O6S. The highest BCUT2D eigenvalue weighted by molar-refractivity contribution is 7.92. The minimum Gasteiger partial charge on any atom is -0.454 e. The third-order valence-electron chi connectivity index (χ3n) is 5.28. The molecule has 0 aromatic heterocycles. The van der Waals surface area contributed by atoms with Crippen LogP contribution in [0.2, 0.25) is 0 Å². The Kier molecular flexibility index (Phi) is 7.70. The van der Waals surface area contributed by atoms with Gasteiger partial charge in [-0.2, -0.15) is 0 Å². The van der Waals surface area contributed by atoms with Gasteiger partial charge in [0.25, 0.3) is 0 Å². The molecule has 33 heavy (non-hydrogen) atoms. The van der Waals surface area contributed by atoms with Crippen molar-refractivity contribution >= 4 is 39.2 Å². The molecule has 1 fully saturated rings. The molecule has 0 radical (unpaired) electrons. The van der Waals surface area contributed by atoms with Crippen LogP contribution in [0, 0.1) is 5.92 Å². The predicted molar refractivity (Wildman–Crippen MR) is 125 cm³/mol. The summed E-state index contributed by atoms with van der Waals surface area (Å²) >= 11 is 0. The fourth-order valence-corrected chi connectivity index (χ4v) is 4.08. The lowest BCUT2D eigenvalue weighted by atomic mass is 9.97. The van der Waals surface area contributed by atoms with Crippen molar-refractivity contribution in [2.75, 3.05) is 29.4 Å². The number of hydrogen-bond acceptors (Lipinski definition) is 6. The Labute approximate surface area is 193 Å². The number of rotatable bonds is 7. The van der Waals surface area contributed by atoms with Crippen LogP contribution in [0.15, 0.2) is 54.6 Å². The molecule has 0 unspecified atom stereocenters. The van der Waals surface area contributed by atoms with Gasteiger partial charge in [-0.15, -0.1) is 0 Å². The normalized spacial score (nSPS) is 15.4. The maximum Gasteiger partial charge on any atom is 0.321 e. The van der Waals surface area contributed by atoms with Gasteiger partial charge < -0.3 is 15.0 Å². The number of benzene rings is 2. The van der Waals surface area contributed by atoms with Crippen LogP contribution in [-0.2, 0) is 19.6 Å². The first-order valence-corrected chi connectivity index (χ1v) is 12.4. The van der Waals surface area contributed by atoms with Gasteiger partial charge >= 0.3 is 12.0 Å². The molecule has 0 aliphatic carbocycles. The number of nitrogens with zero attached hydrogens (tertiary/aromatic N) is 1. The largest absolute Gasteiger partial charge is 0.454 e. The van der Waals surface area contributed by atoms with E-state index < -0.39 is 22.1 Å². The predicted octanol–water partition coefficient (Wildman–Crippen LogP) is 3.12. The highest BCUT2D eigenvalue weighted by Gasteiger charge is 2.30. The summed E-state index contributed by atoms with van der Waals surface area (Å²) in [6, 6.07) is 14.8. The number of anilines is 2. The summed E-state index contributed by atoms with van der Waals surface area (Å²) in [4.78, 5) is 39.2. The van der Waals surface area contributed by atoms with Crippen molar-refractivity contribution in [3.63, 3.8) is 0 Å². The molecular weight excluding hydrogens is 446 g/mol. The van der Waals surface area contributed by atoms with Gasteiger partial charge in [-0.05, 0) is 56.2 Å². The summed E-state index contributed by atoms with van der Waals surface area (Å²) in [5.74, 6) is -1.23. The van der Waals surface area contributed by atoms with Gasteiger partial charge in [0, 0.05) is 30.0 Å². The van der Waals surface area contributed by atoms with Crippen molar-refractivity contribution in [2.24, 2.45) is 5.92 Å². The number of para-hydroxylation sites is 1. The Morgan fingerprint density at radius 1 is 0.970 bits per heavy atom. The monoisotopic (exact) mass is 473 g/mol. The minimum absolute atomic E-state index is 0.217. The number of likely N-dealkylation sites (tertiary alicyclic amines) is 1. The Balaban J connectivity index is 1.48. The molecule has 2 N–H and O–H groups in total. The van der Waals surface area contributed by atoms with Crippen molar-refractivity contribution in [3.05, 3.63) is 60.2 Å². The van der Waals surface area contributed by atoms with Crippen LogP contribution >= 0.6 is 0 Å². The Morgan fingerprint density at radius 3 is 2.15 bits per heavy atom. The van der Waals surface area contributed by atoms with E-state index in [-0.39, 0.29) is 17.7 Å². The highest BCUT2D eigenvalue weighted by Crippen LogP contribution is 2.21. The fourth-order valence-electron chi connectivity index (χ4n) is 3.52. The van der Waals surface area contributed by atoms with Gasteiger partial charge in [-0.25, -0.2) is 13.2 Å². The van der Waals surface area contributed by atoms with Crippen molar-refractivity contribution in [1.82, 2.24) is 4.90 Å². The Bertz CT molecular complexity index is 1090. The minimum atomic E-state index is -3.41. The molecule has 9 nitrogen and oxygen atoms in total. The van der Waals surface area contributed by atoms with E-state index in [4.69, 9.17) is 4.74 Å². The Hall–Kier alpha value is -3.40. The van der Waals surface area contributed by atoms with Crippen LogP contribution < -0.4 is 10.0 Å². The van der Waals surface area contributed by atoms with E-state index in [1.807, 2.05) is 18.2 Å². The molecule has 176 valence electrons. The topological polar surface area (TPSA) is 122 Å². The number of piperidine rings is 1. The van der Waals surface area contributed by atoms with Gasteiger partial charge in [-0.3, -0.25) is 14.3 Å². The summed E-state index contributed by atoms with van der Waals surface area (Å²) in [5.41, 5.74) is 1.35. The van der Waals surface area contributed by atoms with E-state index >= 15 is 0 Å². The summed E-state index contributed by atoms with van der Waals surface area (Å²) in [7, 11) is -3.41. The van der Waals surface area contributed by atoms with E-state index in [0.717, 1.165) is 6.26 Å². The summed E-state index contributed by atoms with van der Waals surface area (Å²) in [6.07, 6.45) is 0.959. The molecule has 1 heterocycles. The molecule has 1 saturated heterocycles. The summed E-state index contributed by atoms with van der Waals surface area (Å²) < 4.78 is 30.3. The molecule has 2 aromatic carbocycles. The zero-order valence-corrected chi connectivity index (χ0v) is 19.3. The standard InChI is InChI=1S/C23H27N3O6S/c1-16(21(27)17-8-10-20(11-9-17)25-33(2,30)31)32-22(28)18-12-14-26(15-13-18)23(29)24-19-6-4-3-5-7-19/h3-11,16,18,25H,12-15H2,1-2H3,(H,24,29)/t16-/m0/s1. The van der Waals surface area contributed by atoms with E-state index in [9.17, 15) is 22.8 Å². The third kappa shape index (κ3) is 7.04. The number of carbonyl (C=O) groups is 3. The molecule has 1 atom stereocenters. The fraction of sp³-hybridized carbons (Fsp3) is 0.348. The Morgan fingerprint density at radius 2 is 1.58 bits per heavy atom. The number of esters is 1. The van der Waals surface area contributed by atoms with Gasteiger partial charge in [0.1, 0.15) is 0 Å². The molecule has 2 aromatic rings. The number of Topliss-reactive ketones (excluding diaryl/α,β-unsaturated/α-hetero) is 1. The maximum absolute atomic E-state index is 12.6. The molecule has 1 aliphatic heterocycles. The second kappa shape index (κ2) is 10.5. The maximum atomic E-state index is 12.6. The number of urea groups is 1. The second-order valence-corrected chi connectivity index (χ2v) is 9.70. The molecule has 1 aliphatic rings. The van der Waals surface area contributed by atoms with Crippen LogP contribution in [0.1, 0.15) is 30.1 Å². The van der Waals surface area contributed by atoms with Crippen LogP contribution in [0.3, 0.4) is 0 Å². The zero-order valence-electron chi connectivity index (χ0n) is 18.5. The van der Waals surface area contributed by atoms with E-state index in [2.05, 4.69) is 10.0 Å². The molecule has 0 spiro atoms. The molecule has 2 amide bonds. The zero-order chi connectivity index (χ0) is 24.0. The first-order chi connectivity index (χ1) is 15.6. The SMILES string of the molecule is C[C@H](OC(=O)C1CCN(C(=O)Nc2ccccc2)CC1)C(=O)c1ccc(NS(C)(=O)=O)cc1. The first kappa shape index (κ1) is 24.2. The number of ketones is 1. The summed E-state index contributed by atoms with van der Waals surface area (Å²) in [5, 5.41) is 2.83. The van der Waals surface area contributed by atoms with E-state index in [1.165, 1.54) is 31.2 Å². The van der Waals surface area contributed by atoms with Crippen molar-refractivity contribution in [2.45, 2.75) is 25.9 Å². The van der Waals surface area contributed by atoms with Gasteiger partial charge in [0.05, 0.1) is 12.2 Å². The molecule has 10 heteroatoms. The van der Waals surface area contributed by atoms with Gasteiger partial charge in [0.2, 0.25) is 15.8 Å². The number of hydrogen-bond donors (Lipinski definition) is 2.